The van der Waals surface area contributed by atoms with Crippen LogP contribution in [0.5, 0.6) is 17.5 Å². The third kappa shape index (κ3) is 4.45. The number of methoxy groups -OCH3 is 2. The van der Waals surface area contributed by atoms with Crippen molar-refractivity contribution in [2.24, 2.45) is 0 Å². The zero-order chi connectivity index (χ0) is 27.0. The minimum Gasteiger partial charge on any atom is -0.497 e. The number of aryl methyl sites for hydroxylation is 1. The number of ether oxygens (including phenoxy) is 5. The number of aromatic nitrogens is 2. The second-order valence-corrected chi connectivity index (χ2v) is 9.76. The Labute approximate surface area is 226 Å². The fourth-order valence-corrected chi connectivity index (χ4v) is 5.41. The number of benzene rings is 3. The van der Waals surface area contributed by atoms with Crippen LogP contribution in [-0.2, 0) is 15.1 Å². The first-order chi connectivity index (χ1) is 19.0. The van der Waals surface area contributed by atoms with Crippen molar-refractivity contribution in [3.05, 3.63) is 118 Å². The number of nitrogens with zero attached hydrogens (tertiary/aromatic N) is 2. The molecule has 39 heavy (non-hydrogen) atoms. The van der Waals surface area contributed by atoms with Crippen molar-refractivity contribution >= 4 is 0 Å². The van der Waals surface area contributed by atoms with Crippen LogP contribution < -0.4 is 19.8 Å². The average molecular weight is 527 g/mol. The molecule has 0 saturated carbocycles. The Morgan fingerprint density at radius 3 is 2.08 bits per heavy atom. The lowest BCUT2D eigenvalue weighted by molar-refractivity contribution is -0.0816. The lowest BCUT2D eigenvalue weighted by Gasteiger charge is -2.37. The van der Waals surface area contributed by atoms with Crippen molar-refractivity contribution in [1.29, 1.82) is 0 Å². The van der Waals surface area contributed by atoms with Gasteiger partial charge >= 0.3 is 6.01 Å². The summed E-state index contributed by atoms with van der Waals surface area (Å²) in [6.07, 6.45) is 1.47. The molecule has 2 aliphatic heterocycles. The van der Waals surface area contributed by atoms with Crippen LogP contribution in [0.3, 0.4) is 0 Å². The molecule has 8 nitrogen and oxygen atoms in total. The summed E-state index contributed by atoms with van der Waals surface area (Å²) in [4.78, 5) is 16.3. The van der Waals surface area contributed by atoms with Gasteiger partial charge in [-0.15, -0.1) is 0 Å². The smallest absolute Gasteiger partial charge is 0.302 e. The molecule has 0 aliphatic carbocycles. The van der Waals surface area contributed by atoms with Gasteiger partial charge in [0.15, 0.2) is 0 Å². The van der Waals surface area contributed by atoms with E-state index in [0.29, 0.717) is 12.0 Å². The maximum Gasteiger partial charge on any atom is 0.302 e. The molecular weight excluding hydrogens is 496 g/mol. The average Bonchev–Trinajstić information content (AvgIpc) is 3.32. The van der Waals surface area contributed by atoms with Gasteiger partial charge in [0.25, 0.3) is 5.56 Å². The number of rotatable bonds is 8. The van der Waals surface area contributed by atoms with Crippen LogP contribution in [0.4, 0.5) is 0 Å². The minimum absolute atomic E-state index is 0.242. The third-order valence-corrected chi connectivity index (χ3v) is 7.47. The van der Waals surface area contributed by atoms with Gasteiger partial charge in [-0.1, -0.05) is 54.6 Å². The van der Waals surface area contributed by atoms with Gasteiger partial charge in [0.1, 0.15) is 35.5 Å². The molecule has 3 heterocycles. The standard InChI is InChI=1S/C31H30N2O6/c1-20-18-33-28-17-26(39-30(33)32-29(20)34)27(38-28)19-37-31(21-7-5-4-6-8-21,22-9-13-24(35-2)14-10-22)23-11-15-25(36-3)16-12-23/h4-16,18,26-28H,17,19H2,1-3H3/t26-,27-,28-/m1/s1. The minimum atomic E-state index is -0.961. The number of hydrogen-bond acceptors (Lipinski definition) is 7. The van der Waals surface area contributed by atoms with E-state index in [0.717, 1.165) is 28.2 Å². The predicted molar refractivity (Wildman–Crippen MR) is 144 cm³/mol. The maximum absolute atomic E-state index is 12.1. The van der Waals surface area contributed by atoms with E-state index in [-0.39, 0.29) is 36.6 Å². The molecule has 0 unspecified atom stereocenters. The Hall–Kier alpha value is -4.14. The monoisotopic (exact) mass is 526 g/mol. The molecule has 1 aromatic heterocycles. The molecule has 0 spiro atoms. The van der Waals surface area contributed by atoms with E-state index < -0.39 is 5.60 Å². The molecule has 3 atom stereocenters. The molecule has 3 aromatic carbocycles. The Bertz CT molecular complexity index is 1450. The van der Waals surface area contributed by atoms with Gasteiger partial charge in [-0.05, 0) is 47.9 Å². The summed E-state index contributed by atoms with van der Waals surface area (Å²) in [6.45, 7) is 1.98. The molecule has 0 radical (unpaired) electrons. The quantitative estimate of drug-likeness (QED) is 0.310. The molecule has 0 amide bonds. The van der Waals surface area contributed by atoms with Gasteiger partial charge in [0, 0.05) is 18.2 Å². The van der Waals surface area contributed by atoms with Crippen molar-refractivity contribution in [3.63, 3.8) is 0 Å². The second kappa shape index (κ2) is 10.2. The highest BCUT2D eigenvalue weighted by Crippen LogP contribution is 2.44. The van der Waals surface area contributed by atoms with Crippen molar-refractivity contribution in [2.75, 3.05) is 20.8 Å². The lowest BCUT2D eigenvalue weighted by Crippen LogP contribution is -2.39. The zero-order valence-electron chi connectivity index (χ0n) is 22.1. The summed E-state index contributed by atoms with van der Waals surface area (Å²) >= 11 is 0. The summed E-state index contributed by atoms with van der Waals surface area (Å²) in [5.41, 5.74) is 2.13. The van der Waals surface area contributed by atoms with Crippen LogP contribution in [0.25, 0.3) is 0 Å². The fourth-order valence-electron chi connectivity index (χ4n) is 5.41. The third-order valence-electron chi connectivity index (χ3n) is 7.47. The van der Waals surface area contributed by atoms with Crippen molar-refractivity contribution in [2.45, 2.75) is 37.4 Å². The highest BCUT2D eigenvalue weighted by Gasteiger charge is 2.46. The molecule has 6 rings (SSSR count). The van der Waals surface area contributed by atoms with Crippen LogP contribution >= 0.6 is 0 Å². The van der Waals surface area contributed by atoms with Crippen LogP contribution in [0.15, 0.2) is 89.9 Å². The van der Waals surface area contributed by atoms with Gasteiger partial charge in [0.05, 0.1) is 20.8 Å². The van der Waals surface area contributed by atoms with E-state index in [4.69, 9.17) is 23.7 Å². The van der Waals surface area contributed by atoms with Gasteiger partial charge in [-0.3, -0.25) is 9.36 Å². The van der Waals surface area contributed by atoms with Gasteiger partial charge < -0.3 is 23.7 Å². The number of fused-ring (bicyclic) bond motifs is 4. The lowest BCUT2D eigenvalue weighted by atomic mass is 9.80. The Morgan fingerprint density at radius 2 is 1.49 bits per heavy atom. The predicted octanol–water partition coefficient (Wildman–Crippen LogP) is 4.63. The summed E-state index contributed by atoms with van der Waals surface area (Å²) in [5, 5.41) is 0. The number of hydrogen-bond donors (Lipinski definition) is 0. The SMILES string of the molecule is COc1ccc(C(OC[C@H]2O[C@@H]3C[C@H]2Oc2nc(=O)c(C)cn23)(c2ccccc2)c2ccc(OC)cc2)cc1. The maximum atomic E-state index is 12.1. The van der Waals surface area contributed by atoms with Crippen molar-refractivity contribution < 1.29 is 23.7 Å². The molecule has 1 saturated heterocycles. The second-order valence-electron chi connectivity index (χ2n) is 9.76. The Kier molecular flexibility index (Phi) is 6.58. The molecule has 2 bridgehead atoms. The molecule has 2 aliphatic rings. The van der Waals surface area contributed by atoms with Crippen LogP contribution in [0, 0.1) is 6.92 Å². The molecule has 200 valence electrons. The summed E-state index contributed by atoms with van der Waals surface area (Å²) in [6, 6.07) is 26.2. The van der Waals surface area contributed by atoms with E-state index in [1.54, 1.807) is 31.9 Å². The van der Waals surface area contributed by atoms with E-state index in [9.17, 15) is 4.79 Å². The molecule has 0 N–H and O–H groups in total. The Morgan fingerprint density at radius 1 is 0.897 bits per heavy atom. The summed E-state index contributed by atoms with van der Waals surface area (Å²) < 4.78 is 32.2. The summed E-state index contributed by atoms with van der Waals surface area (Å²) in [5.74, 6) is 1.51. The zero-order valence-corrected chi connectivity index (χ0v) is 22.1. The highest BCUT2D eigenvalue weighted by molar-refractivity contribution is 5.49. The molecule has 4 aromatic rings. The summed E-state index contributed by atoms with van der Waals surface area (Å²) in [7, 11) is 3.30. The normalized spacial score (nSPS) is 19.7. The largest absolute Gasteiger partial charge is 0.497 e. The molecular formula is C31H30N2O6. The fraction of sp³-hybridized carbons (Fsp3) is 0.290. The first kappa shape index (κ1) is 25.2. The first-order valence-corrected chi connectivity index (χ1v) is 12.9. The Balaban J connectivity index is 1.40. The topological polar surface area (TPSA) is 81.0 Å². The van der Waals surface area contributed by atoms with Crippen LogP contribution in [0.1, 0.15) is 34.9 Å². The highest BCUT2D eigenvalue weighted by atomic mass is 16.6. The van der Waals surface area contributed by atoms with Crippen molar-refractivity contribution in [1.82, 2.24) is 9.55 Å². The van der Waals surface area contributed by atoms with E-state index in [1.165, 1.54) is 0 Å². The van der Waals surface area contributed by atoms with E-state index >= 15 is 0 Å². The molecule has 1 fully saturated rings. The van der Waals surface area contributed by atoms with Crippen molar-refractivity contribution in [3.8, 4) is 17.5 Å². The van der Waals surface area contributed by atoms with Crippen LogP contribution in [-0.4, -0.2) is 42.6 Å². The molecule has 8 heteroatoms. The van der Waals surface area contributed by atoms with E-state index in [1.807, 2.05) is 66.7 Å². The van der Waals surface area contributed by atoms with E-state index in [2.05, 4.69) is 17.1 Å². The van der Waals surface area contributed by atoms with Crippen LogP contribution in [0.2, 0.25) is 0 Å². The first-order valence-electron chi connectivity index (χ1n) is 12.9. The van der Waals surface area contributed by atoms with Gasteiger partial charge in [-0.25, -0.2) is 0 Å². The van der Waals surface area contributed by atoms with Gasteiger partial charge in [0.2, 0.25) is 0 Å². The van der Waals surface area contributed by atoms with Gasteiger partial charge in [-0.2, -0.15) is 4.98 Å².